The summed E-state index contributed by atoms with van der Waals surface area (Å²) in [7, 11) is 0. The molecule has 1 aliphatic heterocycles. The average Bonchev–Trinajstić information content (AvgIpc) is 3.13. The summed E-state index contributed by atoms with van der Waals surface area (Å²) in [5.74, 6) is 1.04. The van der Waals surface area contributed by atoms with Crippen LogP contribution in [0.25, 0.3) is 0 Å². The van der Waals surface area contributed by atoms with Gasteiger partial charge in [0.05, 0.1) is 19.1 Å². The van der Waals surface area contributed by atoms with E-state index < -0.39 is 12.1 Å². The van der Waals surface area contributed by atoms with E-state index in [0.29, 0.717) is 13.2 Å². The van der Waals surface area contributed by atoms with Crippen LogP contribution in [0.1, 0.15) is 22.9 Å². The number of carbonyl (C=O) groups is 2. The maximum Gasteiger partial charge on any atom is 0.312 e. The zero-order valence-corrected chi connectivity index (χ0v) is 14.6. The average molecular weight is 359 g/mol. The minimum Gasteiger partial charge on any atom is -0.493 e. The molecule has 2 atom stereocenters. The lowest BCUT2D eigenvalue weighted by Gasteiger charge is -2.25. The first-order chi connectivity index (χ1) is 12.1. The third-order valence-corrected chi connectivity index (χ3v) is 5.12. The van der Waals surface area contributed by atoms with Gasteiger partial charge in [0, 0.05) is 17.3 Å². The molecule has 6 nitrogen and oxygen atoms in total. The number of urea groups is 1. The van der Waals surface area contributed by atoms with E-state index in [9.17, 15) is 9.59 Å². The molecule has 4 N–H and O–H groups in total. The molecule has 2 aromatic rings. The van der Waals surface area contributed by atoms with Crippen LogP contribution < -0.4 is 21.1 Å². The van der Waals surface area contributed by atoms with Crippen molar-refractivity contribution in [2.24, 2.45) is 11.7 Å². The minimum absolute atomic E-state index is 0.119. The number of ether oxygens (including phenoxy) is 1. The molecule has 25 heavy (non-hydrogen) atoms. The van der Waals surface area contributed by atoms with Crippen LogP contribution in [0.4, 0.5) is 4.79 Å². The summed E-state index contributed by atoms with van der Waals surface area (Å²) in [5.41, 5.74) is 6.38. The highest BCUT2D eigenvalue weighted by Gasteiger charge is 2.22. The van der Waals surface area contributed by atoms with E-state index in [2.05, 4.69) is 10.6 Å². The minimum atomic E-state index is -0.636. The van der Waals surface area contributed by atoms with Crippen molar-refractivity contribution in [2.45, 2.75) is 18.9 Å². The molecule has 3 amide bonds. The van der Waals surface area contributed by atoms with Gasteiger partial charge in [0.2, 0.25) is 5.91 Å². The van der Waals surface area contributed by atoms with Crippen molar-refractivity contribution in [3.05, 3.63) is 52.2 Å². The molecule has 0 aliphatic carbocycles. The van der Waals surface area contributed by atoms with Crippen LogP contribution in [0.5, 0.6) is 5.75 Å². The number of amides is 3. The molecule has 1 aromatic heterocycles. The number of para-hydroxylation sites is 1. The molecule has 2 heterocycles. The van der Waals surface area contributed by atoms with Crippen LogP contribution in [0.15, 0.2) is 41.8 Å². The van der Waals surface area contributed by atoms with Gasteiger partial charge in [-0.25, -0.2) is 4.79 Å². The summed E-state index contributed by atoms with van der Waals surface area (Å²) in [4.78, 5) is 24.4. The smallest absolute Gasteiger partial charge is 0.312 e. The van der Waals surface area contributed by atoms with Gasteiger partial charge in [0.1, 0.15) is 5.75 Å². The van der Waals surface area contributed by atoms with Gasteiger partial charge in [0.15, 0.2) is 0 Å². The lowest BCUT2D eigenvalue weighted by molar-refractivity contribution is -0.121. The van der Waals surface area contributed by atoms with Crippen molar-refractivity contribution < 1.29 is 14.3 Å². The predicted octanol–water partition coefficient (Wildman–Crippen LogP) is 2.22. The van der Waals surface area contributed by atoms with Gasteiger partial charge >= 0.3 is 6.03 Å². The Morgan fingerprint density at radius 2 is 2.12 bits per heavy atom. The number of primary amides is 1. The van der Waals surface area contributed by atoms with Gasteiger partial charge < -0.3 is 21.1 Å². The Balaban J connectivity index is 1.51. The largest absolute Gasteiger partial charge is 0.493 e. The molecule has 1 aromatic carbocycles. The highest BCUT2D eigenvalue weighted by Crippen LogP contribution is 2.26. The molecule has 132 valence electrons. The van der Waals surface area contributed by atoms with Crippen molar-refractivity contribution in [2.75, 3.05) is 13.2 Å². The Morgan fingerprint density at radius 3 is 2.88 bits per heavy atom. The first kappa shape index (κ1) is 17.3. The SMILES string of the molecule is NC(=O)NC(CC(=O)NCC1COc2ccccc2C1)c1cccs1. The fourth-order valence-corrected chi connectivity index (χ4v) is 3.70. The number of fused-ring (bicyclic) bond motifs is 1. The highest BCUT2D eigenvalue weighted by atomic mass is 32.1. The Kier molecular flexibility index (Phi) is 5.55. The lowest BCUT2D eigenvalue weighted by Crippen LogP contribution is -2.38. The van der Waals surface area contributed by atoms with Crippen molar-refractivity contribution >= 4 is 23.3 Å². The van der Waals surface area contributed by atoms with Gasteiger partial charge in [-0.05, 0) is 29.5 Å². The molecule has 3 rings (SSSR count). The number of carbonyl (C=O) groups excluding carboxylic acids is 2. The Morgan fingerprint density at radius 1 is 1.28 bits per heavy atom. The molecular weight excluding hydrogens is 338 g/mol. The molecule has 0 saturated carbocycles. The van der Waals surface area contributed by atoms with Crippen molar-refractivity contribution in [3.63, 3.8) is 0 Å². The van der Waals surface area contributed by atoms with Gasteiger partial charge in [-0.1, -0.05) is 24.3 Å². The maximum absolute atomic E-state index is 12.3. The Labute approximate surface area is 150 Å². The molecule has 0 bridgehead atoms. The lowest BCUT2D eigenvalue weighted by atomic mass is 9.96. The van der Waals surface area contributed by atoms with E-state index in [-0.39, 0.29) is 18.2 Å². The number of hydrogen-bond acceptors (Lipinski definition) is 4. The Bertz CT molecular complexity index is 733. The molecule has 2 unspecified atom stereocenters. The molecule has 0 spiro atoms. The zero-order chi connectivity index (χ0) is 17.6. The van der Waals surface area contributed by atoms with Crippen molar-refractivity contribution in [1.82, 2.24) is 10.6 Å². The number of nitrogens with one attached hydrogen (secondary N) is 2. The predicted molar refractivity (Wildman–Crippen MR) is 96.5 cm³/mol. The molecule has 0 fully saturated rings. The van der Waals surface area contributed by atoms with Gasteiger partial charge in [-0.2, -0.15) is 0 Å². The fraction of sp³-hybridized carbons (Fsp3) is 0.333. The topological polar surface area (TPSA) is 93.5 Å². The number of thiophene rings is 1. The molecule has 7 heteroatoms. The van der Waals surface area contributed by atoms with Gasteiger partial charge in [-0.15, -0.1) is 11.3 Å². The standard InChI is InChI=1S/C18H21N3O3S/c19-18(23)21-14(16-6-3-7-25-16)9-17(22)20-10-12-8-13-4-1-2-5-15(13)24-11-12/h1-7,12,14H,8-11H2,(H,20,22)(H3,19,21,23). The maximum atomic E-state index is 12.3. The number of nitrogens with two attached hydrogens (primary N) is 1. The van der Waals surface area contributed by atoms with Crippen LogP contribution >= 0.6 is 11.3 Å². The third kappa shape index (κ3) is 4.73. The summed E-state index contributed by atoms with van der Waals surface area (Å²) in [6, 6.07) is 10.7. The number of benzene rings is 1. The molecular formula is C18H21N3O3S. The van der Waals surface area contributed by atoms with Crippen LogP contribution in [0, 0.1) is 5.92 Å². The first-order valence-corrected chi connectivity index (χ1v) is 9.06. The third-order valence-electron chi connectivity index (χ3n) is 4.14. The quantitative estimate of drug-likeness (QED) is 0.738. The normalized spacial score (nSPS) is 17.0. The van der Waals surface area contributed by atoms with Crippen LogP contribution in [0.2, 0.25) is 0 Å². The molecule has 0 radical (unpaired) electrons. The van der Waals surface area contributed by atoms with Crippen LogP contribution in [-0.4, -0.2) is 25.1 Å². The van der Waals surface area contributed by atoms with E-state index >= 15 is 0 Å². The number of hydrogen-bond donors (Lipinski definition) is 3. The fourth-order valence-electron chi connectivity index (χ4n) is 2.92. The summed E-state index contributed by atoms with van der Waals surface area (Å²) in [6.45, 7) is 1.13. The summed E-state index contributed by atoms with van der Waals surface area (Å²) in [6.07, 6.45) is 1.04. The highest BCUT2D eigenvalue weighted by molar-refractivity contribution is 7.10. The summed E-state index contributed by atoms with van der Waals surface area (Å²) >= 11 is 1.48. The van der Waals surface area contributed by atoms with Crippen LogP contribution in [0.3, 0.4) is 0 Å². The van der Waals surface area contributed by atoms with Crippen LogP contribution in [-0.2, 0) is 11.2 Å². The second kappa shape index (κ2) is 8.02. The molecule has 1 aliphatic rings. The number of rotatable bonds is 6. The summed E-state index contributed by atoms with van der Waals surface area (Å²) in [5, 5.41) is 7.47. The van der Waals surface area contributed by atoms with E-state index in [4.69, 9.17) is 10.5 Å². The second-order valence-electron chi connectivity index (χ2n) is 6.07. The van der Waals surface area contributed by atoms with Crippen molar-refractivity contribution in [1.29, 1.82) is 0 Å². The van der Waals surface area contributed by atoms with Gasteiger partial charge in [-0.3, -0.25) is 4.79 Å². The van der Waals surface area contributed by atoms with E-state index in [1.165, 1.54) is 16.9 Å². The second-order valence-corrected chi connectivity index (χ2v) is 7.05. The van der Waals surface area contributed by atoms with Gasteiger partial charge in [0.25, 0.3) is 0 Å². The molecule has 0 saturated heterocycles. The first-order valence-electron chi connectivity index (χ1n) is 8.18. The van der Waals surface area contributed by atoms with Crippen molar-refractivity contribution in [3.8, 4) is 5.75 Å². The van der Waals surface area contributed by atoms with E-state index in [0.717, 1.165) is 17.0 Å². The zero-order valence-electron chi connectivity index (χ0n) is 13.7. The Hall–Kier alpha value is -2.54. The summed E-state index contributed by atoms with van der Waals surface area (Å²) < 4.78 is 5.74. The van der Waals surface area contributed by atoms with E-state index in [1.807, 2.05) is 41.8 Å². The van der Waals surface area contributed by atoms with E-state index in [1.54, 1.807) is 0 Å². The monoisotopic (exact) mass is 359 g/mol.